The van der Waals surface area contributed by atoms with E-state index in [1.165, 1.54) is 6.92 Å². The van der Waals surface area contributed by atoms with Crippen LogP contribution in [-0.2, 0) is 16.8 Å². The lowest BCUT2D eigenvalue weighted by Gasteiger charge is -2.18. The lowest BCUT2D eigenvalue weighted by atomic mass is 9.91. The Morgan fingerprint density at radius 2 is 1.83 bits per heavy atom. The number of benzene rings is 1. The molecule has 0 spiro atoms. The molecule has 4 aromatic rings. The van der Waals surface area contributed by atoms with Gasteiger partial charge in [-0.25, -0.2) is 14.6 Å². The van der Waals surface area contributed by atoms with E-state index < -0.39 is 12.0 Å². The fourth-order valence-corrected chi connectivity index (χ4v) is 3.44. The van der Waals surface area contributed by atoms with E-state index >= 15 is 0 Å². The molecular weight excluding hydrogens is 456 g/mol. The highest BCUT2D eigenvalue weighted by atomic mass is 16.4. The third kappa shape index (κ3) is 5.70. The van der Waals surface area contributed by atoms with Crippen molar-refractivity contribution in [2.24, 2.45) is 0 Å². The standard InChI is InChI=1S/C26H26N8O2/c1-16(24(35)36)28-25-30-20(18-8-5-7-17(11-18)13-27)12-21(31-25)22-15-34(33-32-22)14-19-9-6-10-23(29-19)26(2,3)4/h5-12,15-16H,14H2,1-4H3,(H,35,36)(H,28,30,31)/t16-/m1/s1. The second-order valence-electron chi connectivity index (χ2n) is 9.42. The van der Waals surface area contributed by atoms with Crippen molar-refractivity contribution in [2.75, 3.05) is 5.32 Å². The molecule has 1 atom stereocenters. The van der Waals surface area contributed by atoms with E-state index in [9.17, 15) is 15.2 Å². The third-order valence-electron chi connectivity index (χ3n) is 5.43. The minimum Gasteiger partial charge on any atom is -0.480 e. The van der Waals surface area contributed by atoms with Gasteiger partial charge in [-0.3, -0.25) is 9.78 Å². The predicted octanol–water partition coefficient (Wildman–Crippen LogP) is 3.90. The summed E-state index contributed by atoms with van der Waals surface area (Å²) in [7, 11) is 0. The van der Waals surface area contributed by atoms with E-state index in [1.807, 2.05) is 24.3 Å². The van der Waals surface area contributed by atoms with Gasteiger partial charge in [0.2, 0.25) is 5.95 Å². The summed E-state index contributed by atoms with van der Waals surface area (Å²) in [6, 6.07) is 15.9. The Kier molecular flexibility index (Phi) is 6.74. The van der Waals surface area contributed by atoms with E-state index in [4.69, 9.17) is 4.98 Å². The van der Waals surface area contributed by atoms with Gasteiger partial charge in [-0.1, -0.05) is 44.2 Å². The first-order valence-electron chi connectivity index (χ1n) is 11.4. The number of rotatable bonds is 7. The summed E-state index contributed by atoms with van der Waals surface area (Å²) >= 11 is 0. The van der Waals surface area contributed by atoms with Crippen LogP contribution >= 0.6 is 0 Å². The highest BCUT2D eigenvalue weighted by molar-refractivity contribution is 5.76. The number of anilines is 1. The van der Waals surface area contributed by atoms with Crippen molar-refractivity contribution in [3.8, 4) is 28.7 Å². The van der Waals surface area contributed by atoms with Crippen LogP contribution in [-0.4, -0.2) is 47.1 Å². The second-order valence-corrected chi connectivity index (χ2v) is 9.42. The number of carbonyl (C=O) groups is 1. The lowest BCUT2D eigenvalue weighted by Crippen LogP contribution is -2.26. The molecule has 182 valence electrons. The molecule has 0 fully saturated rings. The number of nitrogens with zero attached hydrogens (tertiary/aromatic N) is 7. The summed E-state index contributed by atoms with van der Waals surface area (Å²) in [5, 5.41) is 29.9. The monoisotopic (exact) mass is 482 g/mol. The molecule has 0 saturated heterocycles. The molecule has 0 saturated carbocycles. The molecule has 3 heterocycles. The largest absolute Gasteiger partial charge is 0.480 e. The van der Waals surface area contributed by atoms with Crippen LogP contribution in [0.4, 0.5) is 5.95 Å². The van der Waals surface area contributed by atoms with Crippen molar-refractivity contribution in [1.29, 1.82) is 5.26 Å². The maximum absolute atomic E-state index is 11.4. The first-order valence-corrected chi connectivity index (χ1v) is 11.4. The number of carboxylic acids is 1. The van der Waals surface area contributed by atoms with E-state index in [2.05, 4.69) is 52.4 Å². The van der Waals surface area contributed by atoms with Gasteiger partial charge in [-0.05, 0) is 37.3 Å². The molecule has 3 aromatic heterocycles. The number of nitriles is 1. The Hall–Kier alpha value is -4.65. The molecule has 2 N–H and O–H groups in total. The second kappa shape index (κ2) is 9.92. The summed E-state index contributed by atoms with van der Waals surface area (Å²) in [4.78, 5) is 25.1. The van der Waals surface area contributed by atoms with Gasteiger partial charge in [-0.15, -0.1) is 5.10 Å². The van der Waals surface area contributed by atoms with E-state index in [-0.39, 0.29) is 11.4 Å². The first-order chi connectivity index (χ1) is 17.1. The lowest BCUT2D eigenvalue weighted by molar-refractivity contribution is -0.137. The molecular formula is C26H26N8O2. The Balaban J connectivity index is 1.69. The normalized spacial score (nSPS) is 12.1. The molecule has 0 radical (unpaired) electrons. The van der Waals surface area contributed by atoms with Gasteiger partial charge in [0.05, 0.1) is 41.5 Å². The van der Waals surface area contributed by atoms with Crippen LogP contribution in [0.3, 0.4) is 0 Å². The highest BCUT2D eigenvalue weighted by Gasteiger charge is 2.18. The van der Waals surface area contributed by atoms with Gasteiger partial charge >= 0.3 is 5.97 Å². The molecule has 4 rings (SSSR count). The minimum absolute atomic E-state index is 0.0692. The molecule has 10 nitrogen and oxygen atoms in total. The highest BCUT2D eigenvalue weighted by Crippen LogP contribution is 2.25. The Morgan fingerprint density at radius 3 is 2.56 bits per heavy atom. The topological polar surface area (TPSA) is 142 Å². The van der Waals surface area contributed by atoms with Crippen molar-refractivity contribution >= 4 is 11.9 Å². The van der Waals surface area contributed by atoms with E-state index in [1.54, 1.807) is 35.1 Å². The Morgan fingerprint density at radius 1 is 1.08 bits per heavy atom. The smallest absolute Gasteiger partial charge is 0.325 e. The van der Waals surface area contributed by atoms with Crippen molar-refractivity contribution in [3.63, 3.8) is 0 Å². The molecule has 1 aromatic carbocycles. The van der Waals surface area contributed by atoms with Gasteiger partial charge in [0.15, 0.2) is 0 Å². The predicted molar refractivity (Wildman–Crippen MR) is 134 cm³/mol. The fourth-order valence-electron chi connectivity index (χ4n) is 3.44. The zero-order chi connectivity index (χ0) is 25.9. The van der Waals surface area contributed by atoms with Crippen molar-refractivity contribution in [2.45, 2.75) is 45.7 Å². The summed E-state index contributed by atoms with van der Waals surface area (Å²) in [5.74, 6) is -0.901. The summed E-state index contributed by atoms with van der Waals surface area (Å²) in [6.45, 7) is 8.27. The number of nitrogens with one attached hydrogen (secondary N) is 1. The molecule has 0 aliphatic heterocycles. The van der Waals surface area contributed by atoms with Crippen molar-refractivity contribution in [1.82, 2.24) is 29.9 Å². The summed E-state index contributed by atoms with van der Waals surface area (Å²) < 4.78 is 1.68. The molecule has 0 aliphatic carbocycles. The van der Waals surface area contributed by atoms with Crippen LogP contribution in [0, 0.1) is 11.3 Å². The molecule has 0 aliphatic rings. The van der Waals surface area contributed by atoms with Gasteiger partial charge in [0.25, 0.3) is 0 Å². The molecule has 0 amide bonds. The Labute approximate surface area is 208 Å². The van der Waals surface area contributed by atoms with Crippen molar-refractivity contribution in [3.05, 3.63) is 71.7 Å². The first kappa shape index (κ1) is 24.5. The molecule has 10 heteroatoms. The number of aromatic nitrogens is 6. The molecule has 36 heavy (non-hydrogen) atoms. The number of carboxylic acid groups (broad SMARTS) is 1. The van der Waals surface area contributed by atoms with Gasteiger partial charge in [0.1, 0.15) is 11.7 Å². The maximum Gasteiger partial charge on any atom is 0.325 e. The number of hydrogen-bond acceptors (Lipinski definition) is 8. The number of hydrogen-bond donors (Lipinski definition) is 2. The van der Waals surface area contributed by atoms with Crippen LogP contribution in [0.2, 0.25) is 0 Å². The van der Waals surface area contributed by atoms with Crippen molar-refractivity contribution < 1.29 is 9.90 Å². The SMILES string of the molecule is C[C@@H](Nc1nc(-c2cccc(C#N)c2)cc(-c2cn(Cc3cccc(C(C)(C)C)n3)nn2)n1)C(=O)O. The molecule has 0 unspecified atom stereocenters. The van der Waals surface area contributed by atoms with Crippen LogP contribution in [0.25, 0.3) is 22.6 Å². The number of pyridine rings is 1. The van der Waals surface area contributed by atoms with Crippen LogP contribution in [0.5, 0.6) is 0 Å². The average molecular weight is 483 g/mol. The minimum atomic E-state index is -1.03. The van der Waals surface area contributed by atoms with Gasteiger partial charge < -0.3 is 10.4 Å². The fraction of sp³-hybridized carbons (Fsp3) is 0.269. The zero-order valence-corrected chi connectivity index (χ0v) is 20.5. The van der Waals surface area contributed by atoms with Crippen LogP contribution in [0.1, 0.15) is 44.6 Å². The quantitative estimate of drug-likeness (QED) is 0.401. The zero-order valence-electron chi connectivity index (χ0n) is 20.5. The molecule has 0 bridgehead atoms. The summed E-state index contributed by atoms with van der Waals surface area (Å²) in [5.41, 5.74) is 4.43. The summed E-state index contributed by atoms with van der Waals surface area (Å²) in [6.07, 6.45) is 1.76. The van der Waals surface area contributed by atoms with E-state index in [0.29, 0.717) is 34.8 Å². The van der Waals surface area contributed by atoms with Crippen LogP contribution < -0.4 is 5.32 Å². The maximum atomic E-state index is 11.4. The Bertz CT molecular complexity index is 1450. The van der Waals surface area contributed by atoms with Gasteiger partial charge in [0, 0.05) is 16.7 Å². The third-order valence-corrected chi connectivity index (χ3v) is 5.43. The van der Waals surface area contributed by atoms with E-state index in [0.717, 1.165) is 11.4 Å². The average Bonchev–Trinajstić information content (AvgIpc) is 3.32. The number of aliphatic carboxylic acids is 1. The van der Waals surface area contributed by atoms with Crippen LogP contribution in [0.15, 0.2) is 54.7 Å². The van der Waals surface area contributed by atoms with Gasteiger partial charge in [-0.2, -0.15) is 5.26 Å².